The Labute approximate surface area is 145 Å². The highest BCUT2D eigenvalue weighted by Crippen LogP contribution is 2.32. The highest BCUT2D eigenvalue weighted by molar-refractivity contribution is 6.17. The number of para-hydroxylation sites is 1. The van der Waals surface area contributed by atoms with Gasteiger partial charge in [-0.05, 0) is 35.7 Å². The van der Waals surface area contributed by atoms with E-state index in [9.17, 15) is 19.1 Å². The molecular weight excluding hydrogens is 321 g/mol. The van der Waals surface area contributed by atoms with E-state index in [-0.39, 0.29) is 24.6 Å². The van der Waals surface area contributed by atoms with Gasteiger partial charge in [0.25, 0.3) is 5.91 Å². The monoisotopic (exact) mass is 341 g/mol. The summed E-state index contributed by atoms with van der Waals surface area (Å²) in [6.45, 7) is 2.07. The average Bonchev–Trinajstić information content (AvgIpc) is 2.92. The molecule has 2 aromatic carbocycles. The third-order valence-corrected chi connectivity index (χ3v) is 4.73. The normalized spacial score (nSPS) is 21.4. The molecule has 0 radical (unpaired) electrons. The van der Waals surface area contributed by atoms with E-state index in [1.54, 1.807) is 43.3 Å². The Kier molecular flexibility index (Phi) is 4.68. The molecule has 25 heavy (non-hydrogen) atoms. The van der Waals surface area contributed by atoms with Crippen molar-refractivity contribution in [1.82, 2.24) is 0 Å². The van der Waals surface area contributed by atoms with Gasteiger partial charge in [0.05, 0.1) is 0 Å². The summed E-state index contributed by atoms with van der Waals surface area (Å²) >= 11 is 0. The first kappa shape index (κ1) is 17.3. The predicted molar refractivity (Wildman–Crippen MR) is 92.8 cm³/mol. The number of hydrogen-bond donors (Lipinski definition) is 1. The first-order chi connectivity index (χ1) is 11.9. The van der Waals surface area contributed by atoms with Crippen molar-refractivity contribution in [2.45, 2.75) is 31.3 Å². The van der Waals surface area contributed by atoms with Crippen LogP contribution >= 0.6 is 0 Å². The summed E-state index contributed by atoms with van der Waals surface area (Å²) in [5.41, 5.74) is -0.672. The Morgan fingerprint density at radius 3 is 2.64 bits per heavy atom. The van der Waals surface area contributed by atoms with Crippen LogP contribution in [0.4, 0.5) is 10.1 Å². The van der Waals surface area contributed by atoms with Crippen molar-refractivity contribution in [2.24, 2.45) is 0 Å². The van der Waals surface area contributed by atoms with Gasteiger partial charge in [-0.25, -0.2) is 4.39 Å². The van der Waals surface area contributed by atoms with E-state index in [4.69, 9.17) is 0 Å². The third-order valence-electron chi connectivity index (χ3n) is 4.73. The van der Waals surface area contributed by atoms with Gasteiger partial charge in [-0.3, -0.25) is 9.59 Å². The maximum absolute atomic E-state index is 13.3. The fraction of sp³-hybridized carbons (Fsp3) is 0.300. The van der Waals surface area contributed by atoms with Crippen LogP contribution in [-0.2, 0) is 9.59 Å². The summed E-state index contributed by atoms with van der Waals surface area (Å²) in [5, 5.41) is 10.7. The molecule has 0 aliphatic carbocycles. The molecule has 130 valence electrons. The van der Waals surface area contributed by atoms with Gasteiger partial charge < -0.3 is 10.0 Å². The smallest absolute Gasteiger partial charge is 0.266 e. The predicted octanol–water partition coefficient (Wildman–Crippen LogP) is 3.06. The molecular formula is C20H20FNO3. The van der Waals surface area contributed by atoms with Crippen molar-refractivity contribution in [3.8, 4) is 0 Å². The molecule has 1 aliphatic rings. The summed E-state index contributed by atoms with van der Waals surface area (Å²) in [6, 6.07) is 15.0. The van der Waals surface area contributed by atoms with Gasteiger partial charge in [0.2, 0.25) is 5.60 Å². The lowest BCUT2D eigenvalue weighted by Gasteiger charge is -2.23. The van der Waals surface area contributed by atoms with Crippen LogP contribution in [0.15, 0.2) is 54.6 Å². The minimum Gasteiger partial charge on any atom is -0.373 e. The molecule has 2 atom stereocenters. The molecule has 1 amide bonds. The molecule has 0 bridgehead atoms. The van der Waals surface area contributed by atoms with Crippen molar-refractivity contribution in [3.05, 3.63) is 66.0 Å². The number of aliphatic hydroxyl groups is 1. The van der Waals surface area contributed by atoms with Crippen molar-refractivity contribution in [2.75, 3.05) is 11.4 Å². The molecule has 2 unspecified atom stereocenters. The van der Waals surface area contributed by atoms with Crippen LogP contribution in [-0.4, -0.2) is 28.9 Å². The topological polar surface area (TPSA) is 57.6 Å². The molecule has 0 spiro atoms. The van der Waals surface area contributed by atoms with E-state index in [1.807, 2.05) is 6.07 Å². The molecule has 4 nitrogen and oxygen atoms in total. The van der Waals surface area contributed by atoms with E-state index >= 15 is 0 Å². The SMILES string of the molecule is CC(CC(=O)C1(O)CCN(c2ccccc2)C1=O)c1cccc(F)c1. The number of anilines is 1. The zero-order valence-electron chi connectivity index (χ0n) is 14.0. The second kappa shape index (κ2) is 6.76. The van der Waals surface area contributed by atoms with Crippen molar-refractivity contribution in [3.63, 3.8) is 0 Å². The second-order valence-corrected chi connectivity index (χ2v) is 6.49. The molecule has 1 heterocycles. The van der Waals surface area contributed by atoms with E-state index < -0.39 is 17.3 Å². The Morgan fingerprint density at radius 2 is 1.96 bits per heavy atom. The van der Waals surface area contributed by atoms with Crippen LogP contribution in [0, 0.1) is 5.82 Å². The molecule has 0 aromatic heterocycles. The van der Waals surface area contributed by atoms with Gasteiger partial charge in [0, 0.05) is 25.1 Å². The van der Waals surface area contributed by atoms with E-state index in [1.165, 1.54) is 17.0 Å². The number of benzene rings is 2. The third kappa shape index (κ3) is 3.33. The lowest BCUT2D eigenvalue weighted by atomic mass is 9.87. The molecule has 0 saturated carbocycles. The van der Waals surface area contributed by atoms with Crippen molar-refractivity contribution >= 4 is 17.4 Å². The van der Waals surface area contributed by atoms with Gasteiger partial charge in [0.1, 0.15) is 5.82 Å². The minimum absolute atomic E-state index is 0.0195. The first-order valence-electron chi connectivity index (χ1n) is 8.30. The van der Waals surface area contributed by atoms with Gasteiger partial charge >= 0.3 is 0 Å². The second-order valence-electron chi connectivity index (χ2n) is 6.49. The number of carbonyl (C=O) groups is 2. The Bertz CT molecular complexity index is 793. The molecule has 2 aromatic rings. The highest BCUT2D eigenvalue weighted by atomic mass is 19.1. The van der Waals surface area contributed by atoms with Crippen molar-refractivity contribution in [1.29, 1.82) is 0 Å². The average molecular weight is 341 g/mol. The van der Waals surface area contributed by atoms with Crippen LogP contribution in [0.1, 0.15) is 31.2 Å². The van der Waals surface area contributed by atoms with Crippen LogP contribution < -0.4 is 4.90 Å². The van der Waals surface area contributed by atoms with Crippen LogP contribution in [0.5, 0.6) is 0 Å². The summed E-state index contributed by atoms with van der Waals surface area (Å²) < 4.78 is 13.3. The Hall–Kier alpha value is -2.53. The zero-order chi connectivity index (χ0) is 18.0. The van der Waals surface area contributed by atoms with E-state index in [2.05, 4.69) is 0 Å². The molecule has 1 aliphatic heterocycles. The van der Waals surface area contributed by atoms with Crippen LogP contribution in [0.2, 0.25) is 0 Å². The fourth-order valence-electron chi connectivity index (χ4n) is 3.20. The van der Waals surface area contributed by atoms with Crippen molar-refractivity contribution < 1.29 is 19.1 Å². The van der Waals surface area contributed by atoms with Gasteiger partial charge in [-0.2, -0.15) is 0 Å². The summed E-state index contributed by atoms with van der Waals surface area (Å²) in [4.78, 5) is 26.7. The number of hydrogen-bond acceptors (Lipinski definition) is 3. The molecule has 3 rings (SSSR count). The largest absolute Gasteiger partial charge is 0.373 e. The van der Waals surface area contributed by atoms with Crippen LogP contribution in [0.3, 0.4) is 0 Å². The van der Waals surface area contributed by atoms with Gasteiger partial charge in [-0.15, -0.1) is 0 Å². The number of carbonyl (C=O) groups excluding carboxylic acids is 2. The minimum atomic E-state index is -2.00. The molecule has 1 fully saturated rings. The number of nitrogens with zero attached hydrogens (tertiary/aromatic N) is 1. The van der Waals surface area contributed by atoms with Gasteiger partial charge in [-0.1, -0.05) is 37.3 Å². The summed E-state index contributed by atoms with van der Waals surface area (Å²) in [5.74, 6) is -1.77. The lowest BCUT2D eigenvalue weighted by Crippen LogP contribution is -2.47. The standard InChI is InChI=1S/C20H20FNO3/c1-14(15-6-5-7-16(21)13-15)12-18(23)20(25)10-11-22(19(20)24)17-8-3-2-4-9-17/h2-9,13-14,25H,10-12H2,1H3. The number of amides is 1. The number of halogens is 1. The van der Waals surface area contributed by atoms with E-state index in [0.29, 0.717) is 17.8 Å². The van der Waals surface area contributed by atoms with Gasteiger partial charge in [0.15, 0.2) is 5.78 Å². The highest BCUT2D eigenvalue weighted by Gasteiger charge is 2.51. The zero-order valence-corrected chi connectivity index (χ0v) is 14.0. The summed E-state index contributed by atoms with van der Waals surface area (Å²) in [6.07, 6.45) is 0.0454. The number of rotatable bonds is 5. The maximum Gasteiger partial charge on any atom is 0.266 e. The lowest BCUT2D eigenvalue weighted by molar-refractivity contribution is -0.147. The summed E-state index contributed by atoms with van der Waals surface area (Å²) in [7, 11) is 0. The maximum atomic E-state index is 13.3. The molecule has 1 N–H and O–H groups in total. The quantitative estimate of drug-likeness (QED) is 0.851. The Morgan fingerprint density at radius 1 is 1.24 bits per heavy atom. The fourth-order valence-corrected chi connectivity index (χ4v) is 3.20. The molecule has 5 heteroatoms. The Balaban J connectivity index is 1.74. The first-order valence-corrected chi connectivity index (χ1v) is 8.30. The van der Waals surface area contributed by atoms with Crippen LogP contribution in [0.25, 0.3) is 0 Å². The van der Waals surface area contributed by atoms with E-state index in [0.717, 1.165) is 0 Å². The number of ketones is 1. The molecule has 1 saturated heterocycles. The number of Topliss-reactive ketones (excluding diaryl/α,β-unsaturated/α-hetero) is 1.